The summed E-state index contributed by atoms with van der Waals surface area (Å²) in [6.45, 7) is 9.90. The standard InChI is InChI=1S/C17H24N4O2S/c1-12(16-11-18-21(6)13(16)2)19-20-24(22,23)15-9-7-14(8-10-15)17(3,4)5/h7-11,20H,1-6H3/b19-12-. The molecule has 1 aromatic carbocycles. The molecule has 2 rings (SSSR count). The van der Waals surface area contributed by atoms with Crippen LogP contribution in [-0.4, -0.2) is 23.9 Å². The second-order valence-electron chi connectivity index (χ2n) is 6.83. The fourth-order valence-corrected chi connectivity index (χ4v) is 3.09. The first kappa shape index (κ1) is 18.2. The predicted octanol–water partition coefficient (Wildman–Crippen LogP) is 2.73. The summed E-state index contributed by atoms with van der Waals surface area (Å²) in [6.07, 6.45) is 1.67. The van der Waals surface area contributed by atoms with Gasteiger partial charge in [-0.25, -0.2) is 0 Å². The molecule has 1 heterocycles. The highest BCUT2D eigenvalue weighted by atomic mass is 32.2. The molecular formula is C17H24N4O2S. The van der Waals surface area contributed by atoms with Crippen molar-refractivity contribution in [1.29, 1.82) is 0 Å². The number of nitrogens with zero attached hydrogens (tertiary/aromatic N) is 3. The van der Waals surface area contributed by atoms with Gasteiger partial charge in [-0.3, -0.25) is 4.68 Å². The highest BCUT2D eigenvalue weighted by molar-refractivity contribution is 7.89. The van der Waals surface area contributed by atoms with E-state index in [1.54, 1.807) is 29.9 Å². The van der Waals surface area contributed by atoms with Crippen molar-refractivity contribution < 1.29 is 8.42 Å². The number of aryl methyl sites for hydroxylation is 1. The first-order chi connectivity index (χ1) is 11.0. The van der Waals surface area contributed by atoms with Gasteiger partial charge in [0.25, 0.3) is 10.0 Å². The average Bonchev–Trinajstić information content (AvgIpc) is 2.84. The van der Waals surface area contributed by atoms with Gasteiger partial charge >= 0.3 is 0 Å². The van der Waals surface area contributed by atoms with Crippen LogP contribution in [0, 0.1) is 6.92 Å². The first-order valence-electron chi connectivity index (χ1n) is 7.68. The van der Waals surface area contributed by atoms with Gasteiger partial charge in [-0.1, -0.05) is 32.9 Å². The Kier molecular flexibility index (Phi) is 4.85. The van der Waals surface area contributed by atoms with Crippen LogP contribution in [-0.2, 0) is 22.5 Å². The first-order valence-corrected chi connectivity index (χ1v) is 9.16. The second kappa shape index (κ2) is 6.39. The third kappa shape index (κ3) is 3.84. The number of sulfonamides is 1. The van der Waals surface area contributed by atoms with Gasteiger partial charge in [-0.2, -0.15) is 23.4 Å². The van der Waals surface area contributed by atoms with Gasteiger partial charge in [0.1, 0.15) is 0 Å². The van der Waals surface area contributed by atoms with Crippen LogP contribution in [0.1, 0.15) is 44.5 Å². The molecular weight excluding hydrogens is 324 g/mol. The van der Waals surface area contributed by atoms with Crippen LogP contribution in [0.15, 0.2) is 40.5 Å². The molecule has 0 unspecified atom stereocenters. The van der Waals surface area contributed by atoms with E-state index in [2.05, 4.69) is 35.8 Å². The maximum atomic E-state index is 12.4. The molecule has 0 spiro atoms. The maximum Gasteiger partial charge on any atom is 0.276 e. The van der Waals surface area contributed by atoms with Crippen LogP contribution >= 0.6 is 0 Å². The molecule has 0 amide bonds. The molecule has 0 bridgehead atoms. The van der Waals surface area contributed by atoms with Gasteiger partial charge in [-0.05, 0) is 37.0 Å². The molecule has 0 saturated carbocycles. The third-order valence-electron chi connectivity index (χ3n) is 3.99. The van der Waals surface area contributed by atoms with Gasteiger partial charge in [-0.15, -0.1) is 0 Å². The van der Waals surface area contributed by atoms with Gasteiger partial charge < -0.3 is 0 Å². The summed E-state index contributed by atoms with van der Waals surface area (Å²) in [5, 5.41) is 8.14. The molecule has 0 saturated heterocycles. The Morgan fingerprint density at radius 3 is 2.25 bits per heavy atom. The number of hydrogen-bond acceptors (Lipinski definition) is 4. The topological polar surface area (TPSA) is 76.3 Å². The second-order valence-corrected chi connectivity index (χ2v) is 8.49. The van der Waals surface area contributed by atoms with E-state index < -0.39 is 10.0 Å². The average molecular weight is 348 g/mol. The third-order valence-corrected chi connectivity index (χ3v) is 5.21. The fraction of sp³-hybridized carbons (Fsp3) is 0.412. The number of benzene rings is 1. The largest absolute Gasteiger partial charge is 0.276 e. The summed E-state index contributed by atoms with van der Waals surface area (Å²) in [7, 11) is -1.87. The summed E-state index contributed by atoms with van der Waals surface area (Å²) in [6, 6.07) is 6.86. The van der Waals surface area contributed by atoms with E-state index in [4.69, 9.17) is 0 Å². The number of hydrazone groups is 1. The Bertz CT molecular complexity index is 857. The van der Waals surface area contributed by atoms with Crippen LogP contribution in [0.4, 0.5) is 0 Å². The monoisotopic (exact) mass is 348 g/mol. The number of aromatic nitrogens is 2. The molecule has 0 fully saturated rings. The van der Waals surface area contributed by atoms with E-state index >= 15 is 0 Å². The van der Waals surface area contributed by atoms with E-state index in [0.717, 1.165) is 16.8 Å². The summed E-state index contributed by atoms with van der Waals surface area (Å²) in [5.41, 5.74) is 3.35. The lowest BCUT2D eigenvalue weighted by Crippen LogP contribution is -2.20. The molecule has 2 aromatic rings. The number of nitrogens with one attached hydrogen (secondary N) is 1. The molecule has 0 atom stereocenters. The Morgan fingerprint density at radius 2 is 1.79 bits per heavy atom. The zero-order chi connectivity index (χ0) is 18.1. The molecule has 130 valence electrons. The van der Waals surface area contributed by atoms with Crippen molar-refractivity contribution in [3.63, 3.8) is 0 Å². The molecule has 24 heavy (non-hydrogen) atoms. The van der Waals surface area contributed by atoms with Crippen LogP contribution < -0.4 is 4.83 Å². The van der Waals surface area contributed by atoms with E-state index in [9.17, 15) is 8.42 Å². The molecule has 0 aliphatic rings. The maximum absolute atomic E-state index is 12.4. The van der Waals surface area contributed by atoms with Gasteiger partial charge in [0, 0.05) is 18.3 Å². The van der Waals surface area contributed by atoms with Crippen LogP contribution in [0.25, 0.3) is 0 Å². The minimum atomic E-state index is -3.70. The Hall–Kier alpha value is -2.15. The Morgan fingerprint density at radius 1 is 1.21 bits per heavy atom. The van der Waals surface area contributed by atoms with Crippen molar-refractivity contribution in [2.45, 2.75) is 44.9 Å². The Balaban J connectivity index is 2.22. The van der Waals surface area contributed by atoms with Crippen LogP contribution in [0.5, 0.6) is 0 Å². The minimum absolute atomic E-state index is 0.0255. The van der Waals surface area contributed by atoms with Crippen molar-refractivity contribution in [3.05, 3.63) is 47.3 Å². The van der Waals surface area contributed by atoms with Crippen molar-refractivity contribution >= 4 is 15.7 Å². The quantitative estimate of drug-likeness (QED) is 0.682. The lowest BCUT2D eigenvalue weighted by atomic mass is 9.87. The number of rotatable bonds is 4. The molecule has 0 radical (unpaired) electrons. The van der Waals surface area contributed by atoms with Crippen molar-refractivity contribution in [2.24, 2.45) is 12.1 Å². The SMILES string of the molecule is C/C(=N/NS(=O)(=O)c1ccc(C(C)(C)C)cc1)c1cnn(C)c1C. The van der Waals surface area contributed by atoms with E-state index in [1.165, 1.54) is 0 Å². The predicted molar refractivity (Wildman–Crippen MR) is 95.6 cm³/mol. The van der Waals surface area contributed by atoms with Gasteiger partial charge in [0.05, 0.1) is 16.8 Å². The molecule has 1 aromatic heterocycles. The summed E-state index contributed by atoms with van der Waals surface area (Å²) in [5.74, 6) is 0. The molecule has 6 nitrogen and oxygen atoms in total. The van der Waals surface area contributed by atoms with E-state index in [1.807, 2.05) is 26.1 Å². The van der Waals surface area contributed by atoms with Crippen molar-refractivity contribution in [2.75, 3.05) is 0 Å². The number of hydrogen-bond donors (Lipinski definition) is 1. The van der Waals surface area contributed by atoms with E-state index in [0.29, 0.717) is 5.71 Å². The normalized spacial score (nSPS) is 13.2. The lowest BCUT2D eigenvalue weighted by molar-refractivity contribution is 0.580. The molecule has 0 aliphatic carbocycles. The zero-order valence-corrected chi connectivity index (χ0v) is 15.8. The van der Waals surface area contributed by atoms with Crippen LogP contribution in [0.2, 0.25) is 0 Å². The summed E-state index contributed by atoms with van der Waals surface area (Å²) < 4.78 is 26.5. The minimum Gasteiger partial charge on any atom is -0.272 e. The highest BCUT2D eigenvalue weighted by Crippen LogP contribution is 2.23. The summed E-state index contributed by atoms with van der Waals surface area (Å²) in [4.78, 5) is 2.48. The van der Waals surface area contributed by atoms with Gasteiger partial charge in [0.15, 0.2) is 0 Å². The summed E-state index contributed by atoms with van der Waals surface area (Å²) >= 11 is 0. The van der Waals surface area contributed by atoms with Gasteiger partial charge in [0.2, 0.25) is 0 Å². The van der Waals surface area contributed by atoms with Crippen molar-refractivity contribution in [3.8, 4) is 0 Å². The fourth-order valence-electron chi connectivity index (χ4n) is 2.23. The van der Waals surface area contributed by atoms with E-state index in [-0.39, 0.29) is 10.3 Å². The smallest absolute Gasteiger partial charge is 0.272 e. The Labute approximate surface area is 143 Å². The molecule has 1 N–H and O–H groups in total. The van der Waals surface area contributed by atoms with Crippen LogP contribution in [0.3, 0.4) is 0 Å². The highest BCUT2D eigenvalue weighted by Gasteiger charge is 2.17. The zero-order valence-electron chi connectivity index (χ0n) is 15.0. The van der Waals surface area contributed by atoms with Crippen molar-refractivity contribution in [1.82, 2.24) is 14.6 Å². The molecule has 0 aliphatic heterocycles. The molecule has 7 heteroatoms. The lowest BCUT2D eigenvalue weighted by Gasteiger charge is -2.19.